The van der Waals surface area contributed by atoms with Crippen molar-refractivity contribution in [2.75, 3.05) is 18.5 Å². The minimum absolute atomic E-state index is 0.0398. The Hall–Kier alpha value is -3.02. The van der Waals surface area contributed by atoms with E-state index in [1.807, 2.05) is 38.1 Å². The minimum atomic E-state index is -0.221. The van der Waals surface area contributed by atoms with Crippen LogP contribution >= 0.6 is 0 Å². The number of ether oxygens (including phenoxy) is 2. The van der Waals surface area contributed by atoms with E-state index >= 15 is 0 Å². The standard InChI is InChI=1S/C22H26N2O4/c1-3-27-19-8-4-6-17(12-19)15(2)23-21(25)14-28-20-9-5-7-18(13-20)24-22(26)16-10-11-16/h4-9,12-13,15-16H,3,10-11,14H2,1-2H3,(H,23,25)(H,24,26). The lowest BCUT2D eigenvalue weighted by atomic mass is 10.1. The second-order valence-corrected chi connectivity index (χ2v) is 6.87. The zero-order valence-corrected chi connectivity index (χ0v) is 16.2. The van der Waals surface area contributed by atoms with Crippen molar-refractivity contribution < 1.29 is 19.1 Å². The zero-order valence-electron chi connectivity index (χ0n) is 16.2. The van der Waals surface area contributed by atoms with E-state index < -0.39 is 0 Å². The maximum Gasteiger partial charge on any atom is 0.258 e. The highest BCUT2D eigenvalue weighted by atomic mass is 16.5. The molecule has 0 aliphatic heterocycles. The van der Waals surface area contributed by atoms with E-state index in [1.165, 1.54) is 0 Å². The Kier molecular flexibility index (Phi) is 6.53. The summed E-state index contributed by atoms with van der Waals surface area (Å²) < 4.78 is 11.1. The van der Waals surface area contributed by atoms with Crippen molar-refractivity contribution in [1.29, 1.82) is 0 Å². The molecule has 1 atom stereocenters. The van der Waals surface area contributed by atoms with Crippen molar-refractivity contribution in [3.05, 3.63) is 54.1 Å². The van der Waals surface area contributed by atoms with Gasteiger partial charge in [-0.25, -0.2) is 0 Å². The summed E-state index contributed by atoms with van der Waals surface area (Å²) in [4.78, 5) is 24.1. The van der Waals surface area contributed by atoms with Crippen LogP contribution in [0, 0.1) is 5.92 Å². The Morgan fingerprint density at radius 3 is 2.50 bits per heavy atom. The molecular formula is C22H26N2O4. The van der Waals surface area contributed by atoms with Gasteiger partial charge in [0.15, 0.2) is 6.61 Å². The van der Waals surface area contributed by atoms with E-state index in [-0.39, 0.29) is 30.4 Å². The van der Waals surface area contributed by atoms with Crippen LogP contribution in [0.25, 0.3) is 0 Å². The zero-order chi connectivity index (χ0) is 19.9. The van der Waals surface area contributed by atoms with Gasteiger partial charge in [0.25, 0.3) is 5.91 Å². The summed E-state index contributed by atoms with van der Waals surface area (Å²) >= 11 is 0. The third-order valence-electron chi connectivity index (χ3n) is 4.47. The topological polar surface area (TPSA) is 76.7 Å². The van der Waals surface area contributed by atoms with E-state index in [2.05, 4.69) is 10.6 Å². The van der Waals surface area contributed by atoms with Crippen LogP contribution in [-0.4, -0.2) is 25.0 Å². The molecule has 2 aromatic carbocycles. The lowest BCUT2D eigenvalue weighted by molar-refractivity contribution is -0.123. The fraction of sp³-hybridized carbons (Fsp3) is 0.364. The SMILES string of the molecule is CCOc1cccc(C(C)NC(=O)COc2cccc(NC(=O)C3CC3)c2)c1. The van der Waals surface area contributed by atoms with Crippen molar-refractivity contribution >= 4 is 17.5 Å². The molecule has 6 nitrogen and oxygen atoms in total. The third-order valence-corrected chi connectivity index (χ3v) is 4.47. The second-order valence-electron chi connectivity index (χ2n) is 6.87. The first-order valence-electron chi connectivity index (χ1n) is 9.61. The largest absolute Gasteiger partial charge is 0.494 e. The predicted octanol–water partition coefficient (Wildman–Crippen LogP) is 3.69. The molecule has 0 bridgehead atoms. The lowest BCUT2D eigenvalue weighted by Gasteiger charge is -2.16. The van der Waals surface area contributed by atoms with Gasteiger partial charge in [-0.15, -0.1) is 0 Å². The smallest absolute Gasteiger partial charge is 0.258 e. The first-order chi connectivity index (χ1) is 13.5. The van der Waals surface area contributed by atoms with Gasteiger partial charge < -0.3 is 20.1 Å². The number of hydrogen-bond donors (Lipinski definition) is 2. The predicted molar refractivity (Wildman–Crippen MR) is 107 cm³/mol. The molecular weight excluding hydrogens is 356 g/mol. The van der Waals surface area contributed by atoms with Crippen molar-refractivity contribution in [3.63, 3.8) is 0 Å². The van der Waals surface area contributed by atoms with Crippen molar-refractivity contribution in [2.24, 2.45) is 5.92 Å². The monoisotopic (exact) mass is 382 g/mol. The van der Waals surface area contributed by atoms with Crippen LogP contribution in [0.1, 0.15) is 38.3 Å². The fourth-order valence-corrected chi connectivity index (χ4v) is 2.81. The van der Waals surface area contributed by atoms with Gasteiger partial charge in [-0.2, -0.15) is 0 Å². The molecule has 28 heavy (non-hydrogen) atoms. The molecule has 0 saturated heterocycles. The molecule has 2 aromatic rings. The highest BCUT2D eigenvalue weighted by molar-refractivity contribution is 5.94. The summed E-state index contributed by atoms with van der Waals surface area (Å²) in [6.07, 6.45) is 1.90. The Bertz CT molecular complexity index is 833. The van der Waals surface area contributed by atoms with Gasteiger partial charge in [0.2, 0.25) is 5.91 Å². The Morgan fingerprint density at radius 1 is 1.07 bits per heavy atom. The number of anilines is 1. The third kappa shape index (κ3) is 5.74. The molecule has 0 aromatic heterocycles. The number of hydrogen-bond acceptors (Lipinski definition) is 4. The summed E-state index contributed by atoms with van der Waals surface area (Å²) in [5, 5.41) is 5.79. The van der Waals surface area contributed by atoms with E-state index in [0.29, 0.717) is 18.0 Å². The number of carbonyl (C=O) groups excluding carboxylic acids is 2. The van der Waals surface area contributed by atoms with E-state index in [9.17, 15) is 9.59 Å². The van der Waals surface area contributed by atoms with Gasteiger partial charge in [0.1, 0.15) is 11.5 Å². The molecule has 0 spiro atoms. The summed E-state index contributed by atoms with van der Waals surface area (Å²) in [5.74, 6) is 1.27. The highest BCUT2D eigenvalue weighted by Crippen LogP contribution is 2.30. The number of carbonyl (C=O) groups is 2. The van der Waals surface area contributed by atoms with Crippen LogP contribution in [0.15, 0.2) is 48.5 Å². The average Bonchev–Trinajstić information content (AvgIpc) is 3.53. The molecule has 148 valence electrons. The van der Waals surface area contributed by atoms with Gasteiger partial charge in [-0.1, -0.05) is 18.2 Å². The number of amides is 2. The summed E-state index contributed by atoms with van der Waals surface area (Å²) in [6.45, 7) is 4.34. The summed E-state index contributed by atoms with van der Waals surface area (Å²) in [7, 11) is 0. The van der Waals surface area contributed by atoms with Crippen molar-refractivity contribution in [3.8, 4) is 11.5 Å². The van der Waals surface area contributed by atoms with Crippen LogP contribution in [-0.2, 0) is 9.59 Å². The molecule has 0 radical (unpaired) electrons. The van der Waals surface area contributed by atoms with E-state index in [1.54, 1.807) is 24.3 Å². The van der Waals surface area contributed by atoms with Crippen molar-refractivity contribution in [1.82, 2.24) is 5.32 Å². The molecule has 1 aliphatic rings. The summed E-state index contributed by atoms with van der Waals surface area (Å²) in [5.41, 5.74) is 1.64. The Morgan fingerprint density at radius 2 is 1.79 bits per heavy atom. The Labute approximate surface area is 165 Å². The second kappa shape index (κ2) is 9.26. The first kappa shape index (κ1) is 19.7. The van der Waals surface area contributed by atoms with Crippen LogP contribution in [0.5, 0.6) is 11.5 Å². The first-order valence-corrected chi connectivity index (χ1v) is 9.61. The van der Waals surface area contributed by atoms with Crippen LogP contribution < -0.4 is 20.1 Å². The molecule has 1 saturated carbocycles. The lowest BCUT2D eigenvalue weighted by Crippen LogP contribution is -2.31. The molecule has 2 amide bonds. The molecule has 3 rings (SSSR count). The number of rotatable bonds is 9. The average molecular weight is 382 g/mol. The van der Waals surface area contributed by atoms with Crippen LogP contribution in [0.4, 0.5) is 5.69 Å². The Balaban J connectivity index is 1.49. The summed E-state index contributed by atoms with van der Waals surface area (Å²) in [6, 6.07) is 14.6. The highest BCUT2D eigenvalue weighted by Gasteiger charge is 2.29. The molecule has 1 unspecified atom stereocenters. The number of benzene rings is 2. The molecule has 0 heterocycles. The van der Waals surface area contributed by atoms with Gasteiger partial charge in [0, 0.05) is 17.7 Å². The van der Waals surface area contributed by atoms with Gasteiger partial charge in [-0.3, -0.25) is 9.59 Å². The maximum absolute atomic E-state index is 12.2. The minimum Gasteiger partial charge on any atom is -0.494 e. The normalized spacial score (nSPS) is 14.1. The fourth-order valence-electron chi connectivity index (χ4n) is 2.81. The van der Waals surface area contributed by atoms with Crippen LogP contribution in [0.3, 0.4) is 0 Å². The van der Waals surface area contributed by atoms with Crippen molar-refractivity contribution in [2.45, 2.75) is 32.7 Å². The molecule has 2 N–H and O–H groups in total. The van der Waals surface area contributed by atoms with E-state index in [0.717, 1.165) is 24.2 Å². The molecule has 1 fully saturated rings. The quantitative estimate of drug-likeness (QED) is 0.693. The molecule has 1 aliphatic carbocycles. The van der Waals surface area contributed by atoms with Gasteiger partial charge in [0.05, 0.1) is 12.6 Å². The van der Waals surface area contributed by atoms with E-state index in [4.69, 9.17) is 9.47 Å². The van der Waals surface area contributed by atoms with Gasteiger partial charge in [-0.05, 0) is 56.5 Å². The van der Waals surface area contributed by atoms with Crippen LogP contribution in [0.2, 0.25) is 0 Å². The maximum atomic E-state index is 12.2. The molecule has 6 heteroatoms. The van der Waals surface area contributed by atoms with Gasteiger partial charge >= 0.3 is 0 Å². The number of nitrogens with one attached hydrogen (secondary N) is 2.